The summed E-state index contributed by atoms with van der Waals surface area (Å²) in [5.74, 6) is 8.90. The van der Waals surface area contributed by atoms with Crippen LogP contribution < -0.4 is 0 Å². The summed E-state index contributed by atoms with van der Waals surface area (Å²) in [4.78, 5) is 0. The molecule has 9 atom stereocenters. The maximum Gasteiger partial charge on any atom is -0.0386 e. The van der Waals surface area contributed by atoms with Crippen LogP contribution in [0.25, 0.3) is 0 Å². The SMILES string of the molecule is CCC(CC)C(C)C(C)C(C)C(C)C(C)C(C)C(C)C(C)C(C)C(C)C. The van der Waals surface area contributed by atoms with Crippen LogP contribution in [0.1, 0.15) is 103 Å². The minimum atomic E-state index is 0.784. The molecule has 26 heavy (non-hydrogen) atoms. The lowest BCUT2D eigenvalue weighted by atomic mass is 9.64. The number of hydrogen-bond donors (Lipinski definition) is 0. The molecule has 0 heterocycles. The van der Waals surface area contributed by atoms with Crippen LogP contribution in [0.4, 0.5) is 0 Å². The van der Waals surface area contributed by atoms with E-state index in [1.54, 1.807) is 0 Å². The summed E-state index contributed by atoms with van der Waals surface area (Å²) in [6, 6.07) is 0. The van der Waals surface area contributed by atoms with E-state index in [2.05, 4.69) is 90.0 Å². The maximum atomic E-state index is 2.53. The highest BCUT2D eigenvalue weighted by atomic mass is 14.4. The van der Waals surface area contributed by atoms with Crippen molar-refractivity contribution in [3.63, 3.8) is 0 Å². The van der Waals surface area contributed by atoms with Gasteiger partial charge in [0, 0.05) is 0 Å². The van der Waals surface area contributed by atoms with Gasteiger partial charge in [-0.15, -0.1) is 0 Å². The van der Waals surface area contributed by atoms with Gasteiger partial charge in [-0.2, -0.15) is 0 Å². The van der Waals surface area contributed by atoms with Crippen molar-refractivity contribution in [3.8, 4) is 0 Å². The van der Waals surface area contributed by atoms with Gasteiger partial charge in [-0.3, -0.25) is 0 Å². The summed E-state index contributed by atoms with van der Waals surface area (Å²) >= 11 is 0. The highest BCUT2D eigenvalue weighted by Crippen LogP contribution is 2.41. The molecule has 0 aromatic rings. The van der Waals surface area contributed by atoms with Gasteiger partial charge in [0.25, 0.3) is 0 Å². The maximum absolute atomic E-state index is 2.53. The molecule has 0 aliphatic carbocycles. The van der Waals surface area contributed by atoms with Crippen LogP contribution in [0, 0.1) is 65.1 Å². The summed E-state index contributed by atoms with van der Waals surface area (Å²) in [5, 5.41) is 0. The van der Waals surface area contributed by atoms with Crippen LogP contribution in [0.3, 0.4) is 0 Å². The Morgan fingerprint density at radius 2 is 0.577 bits per heavy atom. The molecule has 0 aromatic heterocycles. The zero-order chi connectivity index (χ0) is 20.8. The summed E-state index contributed by atoms with van der Waals surface area (Å²) in [6.45, 7) is 32.1. The molecule has 0 saturated carbocycles. The van der Waals surface area contributed by atoms with Crippen molar-refractivity contribution in [2.75, 3.05) is 0 Å². The number of rotatable bonds is 12. The minimum Gasteiger partial charge on any atom is -0.0651 e. The van der Waals surface area contributed by atoms with Crippen molar-refractivity contribution >= 4 is 0 Å². The standard InChI is InChI=1S/C26H54/c1-14-26(15-2)25(13)24(12)23(11)22(10)21(9)20(8)19(7)18(6)17(5)16(3)4/h16-26H,14-15H2,1-13H3. The normalized spacial score (nSPS) is 23.2. The van der Waals surface area contributed by atoms with Crippen molar-refractivity contribution in [2.45, 2.75) is 103 Å². The average molecular weight is 367 g/mol. The predicted molar refractivity (Wildman–Crippen MR) is 121 cm³/mol. The van der Waals surface area contributed by atoms with Gasteiger partial charge in [0.1, 0.15) is 0 Å². The molecule has 0 amide bonds. The first-order valence-electron chi connectivity index (χ1n) is 11.9. The summed E-state index contributed by atoms with van der Waals surface area (Å²) in [5.41, 5.74) is 0. The van der Waals surface area contributed by atoms with Gasteiger partial charge in [0.05, 0.1) is 0 Å². The first kappa shape index (κ1) is 26.0. The van der Waals surface area contributed by atoms with Crippen molar-refractivity contribution in [3.05, 3.63) is 0 Å². The lowest BCUT2D eigenvalue weighted by Gasteiger charge is -2.41. The van der Waals surface area contributed by atoms with Crippen LogP contribution in [0.2, 0.25) is 0 Å². The summed E-state index contributed by atoms with van der Waals surface area (Å²) < 4.78 is 0. The molecule has 0 aliphatic heterocycles. The van der Waals surface area contributed by atoms with Crippen molar-refractivity contribution in [1.29, 1.82) is 0 Å². The number of hydrogen-bond acceptors (Lipinski definition) is 0. The van der Waals surface area contributed by atoms with E-state index < -0.39 is 0 Å². The average Bonchev–Trinajstić information content (AvgIpc) is 2.63. The molecule has 0 aromatic carbocycles. The lowest BCUT2D eigenvalue weighted by Crippen LogP contribution is -2.35. The van der Waals surface area contributed by atoms with Gasteiger partial charge < -0.3 is 0 Å². The second-order valence-electron chi connectivity index (χ2n) is 10.6. The summed E-state index contributed by atoms with van der Waals surface area (Å²) in [7, 11) is 0. The molecule has 0 heteroatoms. The second-order valence-corrected chi connectivity index (χ2v) is 10.6. The smallest absolute Gasteiger partial charge is 0.0386 e. The molecule has 0 bridgehead atoms. The van der Waals surface area contributed by atoms with Gasteiger partial charge in [-0.25, -0.2) is 0 Å². The van der Waals surface area contributed by atoms with Crippen LogP contribution in [0.5, 0.6) is 0 Å². The van der Waals surface area contributed by atoms with E-state index in [0.29, 0.717) is 0 Å². The van der Waals surface area contributed by atoms with Crippen molar-refractivity contribution in [1.82, 2.24) is 0 Å². The van der Waals surface area contributed by atoms with Gasteiger partial charge in [0.15, 0.2) is 0 Å². The third kappa shape index (κ3) is 6.56. The molecule has 0 nitrogen and oxygen atoms in total. The van der Waals surface area contributed by atoms with Gasteiger partial charge in [-0.1, -0.05) is 103 Å². The molecule has 0 aliphatic rings. The van der Waals surface area contributed by atoms with Crippen molar-refractivity contribution in [2.24, 2.45) is 65.1 Å². The first-order chi connectivity index (χ1) is 11.9. The van der Waals surface area contributed by atoms with Gasteiger partial charge in [0.2, 0.25) is 0 Å². The topological polar surface area (TPSA) is 0 Å². The Balaban J connectivity index is 5.03. The van der Waals surface area contributed by atoms with Gasteiger partial charge in [-0.05, 0) is 65.1 Å². The third-order valence-electron chi connectivity index (χ3n) is 9.48. The van der Waals surface area contributed by atoms with E-state index in [0.717, 1.165) is 65.1 Å². The minimum absolute atomic E-state index is 0.784. The Kier molecular flexibility index (Phi) is 11.8. The molecule has 158 valence electrons. The fourth-order valence-electron chi connectivity index (χ4n) is 5.42. The fourth-order valence-corrected chi connectivity index (χ4v) is 5.42. The zero-order valence-corrected chi connectivity index (χ0v) is 20.8. The molecule has 0 fully saturated rings. The van der Waals surface area contributed by atoms with Crippen LogP contribution in [0.15, 0.2) is 0 Å². The quantitative estimate of drug-likeness (QED) is 0.323. The first-order valence-corrected chi connectivity index (χ1v) is 11.9. The molecule has 0 radical (unpaired) electrons. The van der Waals surface area contributed by atoms with Crippen LogP contribution in [-0.2, 0) is 0 Å². The molecule has 0 rings (SSSR count). The Bertz CT molecular complexity index is 329. The Labute approximate surface area is 168 Å². The van der Waals surface area contributed by atoms with Crippen molar-refractivity contribution < 1.29 is 0 Å². The third-order valence-corrected chi connectivity index (χ3v) is 9.48. The van der Waals surface area contributed by atoms with E-state index in [1.807, 2.05) is 0 Å². The highest BCUT2D eigenvalue weighted by molar-refractivity contribution is 4.83. The fraction of sp³-hybridized carbons (Fsp3) is 1.00. The molecule has 0 spiro atoms. The van der Waals surface area contributed by atoms with Crippen LogP contribution >= 0.6 is 0 Å². The second kappa shape index (κ2) is 11.8. The molecular formula is C26H54. The Hall–Kier alpha value is 0. The Morgan fingerprint density at radius 1 is 0.346 bits per heavy atom. The predicted octanol–water partition coefficient (Wildman–Crippen LogP) is 8.80. The van der Waals surface area contributed by atoms with E-state index in [9.17, 15) is 0 Å². The highest BCUT2D eigenvalue weighted by Gasteiger charge is 2.35. The molecular weight excluding hydrogens is 312 g/mol. The molecule has 9 unspecified atom stereocenters. The summed E-state index contributed by atoms with van der Waals surface area (Å²) in [6.07, 6.45) is 2.66. The largest absolute Gasteiger partial charge is 0.0651 e. The zero-order valence-electron chi connectivity index (χ0n) is 20.8. The van der Waals surface area contributed by atoms with E-state index in [-0.39, 0.29) is 0 Å². The van der Waals surface area contributed by atoms with Gasteiger partial charge >= 0.3 is 0 Å². The van der Waals surface area contributed by atoms with E-state index in [4.69, 9.17) is 0 Å². The monoisotopic (exact) mass is 366 g/mol. The van der Waals surface area contributed by atoms with E-state index in [1.165, 1.54) is 12.8 Å². The lowest BCUT2D eigenvalue weighted by molar-refractivity contribution is 0.0735. The molecule has 0 saturated heterocycles. The van der Waals surface area contributed by atoms with E-state index >= 15 is 0 Å². The Morgan fingerprint density at radius 3 is 0.808 bits per heavy atom. The van der Waals surface area contributed by atoms with Crippen LogP contribution in [-0.4, -0.2) is 0 Å². The molecule has 0 N–H and O–H groups in total.